The smallest absolute Gasteiger partial charge is 0.159 e. The van der Waals surface area contributed by atoms with Crippen molar-refractivity contribution in [2.75, 3.05) is 18.1 Å². The Bertz CT molecular complexity index is 839. The summed E-state index contributed by atoms with van der Waals surface area (Å²) in [5, 5.41) is 10.9. The van der Waals surface area contributed by atoms with Crippen LogP contribution in [0.25, 0.3) is 11.4 Å². The van der Waals surface area contributed by atoms with E-state index in [0.717, 1.165) is 60.9 Å². The van der Waals surface area contributed by atoms with E-state index in [1.54, 1.807) is 12.4 Å². The average Bonchev–Trinajstić information content (AvgIpc) is 2.91. The molecule has 1 fully saturated rings. The Morgan fingerprint density at radius 3 is 2.14 bits per heavy atom. The largest absolute Gasteiger partial charge is 0.490 e. The molecule has 3 rings (SSSR count). The highest BCUT2D eigenvalue weighted by Crippen LogP contribution is 2.53. The monoisotopic (exact) mass is 530 g/mol. The number of hydrogen-bond donors (Lipinski definition) is 1. The van der Waals surface area contributed by atoms with Crippen LogP contribution in [-0.4, -0.2) is 39.3 Å². The molecule has 4 nitrogen and oxygen atoms in total. The van der Waals surface area contributed by atoms with Gasteiger partial charge in [-0.15, -0.1) is 23.5 Å². The van der Waals surface area contributed by atoms with Gasteiger partial charge in [0.05, 0.1) is 29.2 Å². The number of aliphatic hydroxyl groups is 1. The predicted molar refractivity (Wildman–Crippen MR) is 157 cm³/mol. The van der Waals surface area contributed by atoms with Crippen LogP contribution in [0.15, 0.2) is 36.7 Å². The number of rotatable bonds is 17. The lowest BCUT2D eigenvalue weighted by molar-refractivity contribution is 0.147. The zero-order valence-electron chi connectivity index (χ0n) is 22.4. The lowest BCUT2D eigenvalue weighted by atomic mass is 10.00. The van der Waals surface area contributed by atoms with Crippen molar-refractivity contribution in [3.05, 3.63) is 42.2 Å². The number of ether oxygens (including phenoxy) is 1. The highest BCUT2D eigenvalue weighted by atomic mass is 32.2. The molecule has 36 heavy (non-hydrogen) atoms. The number of benzene rings is 1. The lowest BCUT2D eigenvalue weighted by Gasteiger charge is -2.38. The molecule has 0 aliphatic carbocycles. The fourth-order valence-electron chi connectivity index (χ4n) is 4.68. The van der Waals surface area contributed by atoms with E-state index in [2.05, 4.69) is 48.1 Å². The molecule has 0 bridgehead atoms. The lowest BCUT2D eigenvalue weighted by Crippen LogP contribution is -2.28. The first-order chi connectivity index (χ1) is 17.7. The third-order valence-corrected chi connectivity index (χ3v) is 10.3. The highest BCUT2D eigenvalue weighted by molar-refractivity contribution is 8.18. The van der Waals surface area contributed by atoms with Gasteiger partial charge in [0.15, 0.2) is 11.6 Å². The zero-order chi connectivity index (χ0) is 25.5. The zero-order valence-corrected chi connectivity index (χ0v) is 24.1. The Kier molecular flexibility index (Phi) is 13.5. The van der Waals surface area contributed by atoms with Gasteiger partial charge in [-0.1, -0.05) is 95.9 Å². The van der Waals surface area contributed by atoms with Gasteiger partial charge < -0.3 is 9.84 Å². The summed E-state index contributed by atoms with van der Waals surface area (Å²) in [5.41, 5.74) is 2.31. The Hall–Kier alpha value is -1.24. The van der Waals surface area contributed by atoms with Crippen LogP contribution in [-0.2, 0) is 4.08 Å². The molecule has 1 aliphatic heterocycles. The molecule has 0 saturated carbocycles. The van der Waals surface area contributed by atoms with Crippen molar-refractivity contribution in [3.8, 4) is 17.1 Å². The topological polar surface area (TPSA) is 55.2 Å². The minimum atomic E-state index is -0.244. The minimum absolute atomic E-state index is 0.0595. The van der Waals surface area contributed by atoms with Crippen molar-refractivity contribution in [1.29, 1.82) is 0 Å². The second kappa shape index (κ2) is 16.6. The molecule has 200 valence electrons. The Morgan fingerprint density at radius 1 is 0.861 bits per heavy atom. The number of unbranched alkanes of at least 4 members (excludes halogenated alkanes) is 8. The van der Waals surface area contributed by atoms with Crippen molar-refractivity contribution in [3.63, 3.8) is 0 Å². The Balaban J connectivity index is 1.55. The van der Waals surface area contributed by atoms with Crippen LogP contribution in [0.1, 0.15) is 103 Å². The van der Waals surface area contributed by atoms with E-state index >= 15 is 0 Å². The minimum Gasteiger partial charge on any atom is -0.490 e. The molecule has 0 spiro atoms. The second-order valence-corrected chi connectivity index (χ2v) is 13.0. The van der Waals surface area contributed by atoms with Gasteiger partial charge in [0.1, 0.15) is 0 Å². The number of aromatic nitrogens is 2. The first-order valence-corrected chi connectivity index (χ1v) is 16.2. The Labute approximate surface area is 227 Å². The molecular formula is C30H46N2O2S2. The summed E-state index contributed by atoms with van der Waals surface area (Å²) in [6.07, 6.45) is 18.7. The molecule has 0 amide bonds. The first-order valence-electron chi connectivity index (χ1n) is 14.2. The van der Waals surface area contributed by atoms with E-state index in [9.17, 15) is 5.11 Å². The van der Waals surface area contributed by atoms with E-state index in [4.69, 9.17) is 4.74 Å². The maximum Gasteiger partial charge on any atom is 0.159 e. The summed E-state index contributed by atoms with van der Waals surface area (Å²) < 4.78 is 5.78. The van der Waals surface area contributed by atoms with Crippen molar-refractivity contribution in [1.82, 2.24) is 9.97 Å². The first kappa shape index (κ1) is 29.3. The van der Waals surface area contributed by atoms with Gasteiger partial charge in [0.2, 0.25) is 0 Å². The number of hydrogen-bond acceptors (Lipinski definition) is 6. The molecule has 1 N–H and O–H groups in total. The fourth-order valence-corrected chi connectivity index (χ4v) is 8.16. The Morgan fingerprint density at radius 2 is 1.47 bits per heavy atom. The highest BCUT2D eigenvalue weighted by Gasteiger charge is 2.37. The van der Waals surface area contributed by atoms with Crippen LogP contribution < -0.4 is 4.74 Å². The van der Waals surface area contributed by atoms with E-state index in [-0.39, 0.29) is 10.2 Å². The van der Waals surface area contributed by atoms with Gasteiger partial charge in [-0.3, -0.25) is 0 Å². The molecule has 6 heteroatoms. The van der Waals surface area contributed by atoms with Gasteiger partial charge in [0.25, 0.3) is 0 Å². The van der Waals surface area contributed by atoms with Crippen molar-refractivity contribution >= 4 is 23.5 Å². The summed E-state index contributed by atoms with van der Waals surface area (Å²) in [6, 6.07) is 8.70. The normalized spacial score (nSPS) is 16.1. The SMILES string of the molecule is CCCCCCCCOc1cnc(-c2ccc(C3(C[C@H](O)CCCCCC)SCCCS3)cc2)nc1. The van der Waals surface area contributed by atoms with Gasteiger partial charge in [-0.2, -0.15) is 0 Å². The quantitative estimate of drug-likeness (QED) is 0.207. The van der Waals surface area contributed by atoms with Crippen LogP contribution >= 0.6 is 23.5 Å². The average molecular weight is 531 g/mol. The second-order valence-electron chi connectivity index (χ2n) is 9.95. The third-order valence-electron chi connectivity index (χ3n) is 6.83. The van der Waals surface area contributed by atoms with Crippen molar-refractivity contribution < 1.29 is 9.84 Å². The van der Waals surface area contributed by atoms with Crippen LogP contribution in [0.5, 0.6) is 5.75 Å². The summed E-state index contributed by atoms with van der Waals surface area (Å²) in [5.74, 6) is 3.77. The van der Waals surface area contributed by atoms with Crippen LogP contribution in [0.3, 0.4) is 0 Å². The molecule has 1 aromatic carbocycles. The van der Waals surface area contributed by atoms with Crippen molar-refractivity contribution in [2.24, 2.45) is 0 Å². The van der Waals surface area contributed by atoms with Crippen LogP contribution in [0.2, 0.25) is 0 Å². The molecular weight excluding hydrogens is 484 g/mol. The third kappa shape index (κ3) is 9.57. The standard InChI is InChI=1S/C30H46N2O2S2/c1-3-5-7-9-10-12-19-34-28-23-31-29(32-24-28)25-15-17-26(18-16-25)30(35-20-13-21-36-30)22-27(33)14-11-8-6-4-2/h15-18,23-24,27,33H,3-14,19-22H2,1-2H3/t27-/m1/s1. The maximum atomic E-state index is 10.9. The number of thioether (sulfide) groups is 2. The van der Waals surface area contributed by atoms with E-state index < -0.39 is 0 Å². The maximum absolute atomic E-state index is 10.9. The van der Waals surface area contributed by atoms with Crippen molar-refractivity contribution in [2.45, 2.75) is 108 Å². The van der Waals surface area contributed by atoms with Gasteiger partial charge >= 0.3 is 0 Å². The molecule has 2 heterocycles. The predicted octanol–water partition coefficient (Wildman–Crippen LogP) is 8.63. The molecule has 1 saturated heterocycles. The van der Waals surface area contributed by atoms with E-state index in [0.29, 0.717) is 0 Å². The molecule has 1 aliphatic rings. The summed E-state index contributed by atoms with van der Waals surface area (Å²) in [6.45, 7) is 5.20. The molecule has 0 radical (unpaired) electrons. The van der Waals surface area contributed by atoms with Gasteiger partial charge in [-0.05, 0) is 36.3 Å². The number of nitrogens with zero attached hydrogens (tertiary/aromatic N) is 2. The fraction of sp³-hybridized carbons (Fsp3) is 0.667. The summed E-state index contributed by atoms with van der Waals surface area (Å²) in [4.78, 5) is 9.12. The van der Waals surface area contributed by atoms with Crippen LogP contribution in [0.4, 0.5) is 0 Å². The van der Waals surface area contributed by atoms with Gasteiger partial charge in [0, 0.05) is 12.0 Å². The van der Waals surface area contributed by atoms with Gasteiger partial charge in [-0.25, -0.2) is 9.97 Å². The van der Waals surface area contributed by atoms with E-state index in [1.807, 2.05) is 23.5 Å². The molecule has 0 unspecified atom stereocenters. The summed E-state index contributed by atoms with van der Waals surface area (Å²) >= 11 is 4.02. The number of aliphatic hydroxyl groups excluding tert-OH is 1. The molecule has 1 atom stereocenters. The molecule has 1 aromatic heterocycles. The van der Waals surface area contributed by atoms with E-state index in [1.165, 1.54) is 63.4 Å². The molecule has 2 aromatic rings. The summed E-state index contributed by atoms with van der Waals surface area (Å²) in [7, 11) is 0. The van der Waals surface area contributed by atoms with Crippen LogP contribution in [0, 0.1) is 0 Å².